The average molecular weight is 680 g/mol. The van der Waals surface area contributed by atoms with Gasteiger partial charge in [0.05, 0.1) is 0 Å². The second kappa shape index (κ2) is 12.7. The highest BCUT2D eigenvalue weighted by Crippen LogP contribution is 2.41. The van der Waals surface area contributed by atoms with Crippen LogP contribution in [0.4, 0.5) is 17.1 Å². The van der Waals surface area contributed by atoms with Crippen molar-refractivity contribution >= 4 is 70.1 Å². The first-order valence-electron chi connectivity index (χ1n) is 17.8. The van der Waals surface area contributed by atoms with Crippen LogP contribution in [0.5, 0.6) is 0 Å². The molecule has 0 aliphatic heterocycles. The van der Waals surface area contributed by atoms with Gasteiger partial charge in [-0.1, -0.05) is 146 Å². The van der Waals surface area contributed by atoms with E-state index in [0.717, 1.165) is 17.1 Å². The Morgan fingerprint density at radius 1 is 0.308 bits per heavy atom. The Balaban J connectivity index is 1.05. The van der Waals surface area contributed by atoms with Crippen molar-refractivity contribution in [3.63, 3.8) is 0 Å². The largest absolute Gasteiger partial charge is 0.310 e. The standard InChI is InChI=1S/C50H33NS/c1-2-10-34(11-3-1)38-14-8-15-43(33-38)51(42-28-22-37(23-29-42)45-18-9-13-36-12-4-5-16-44(36)45)41-26-20-35(21-27-41)39-24-30-46-40(32-39)25-31-49-50(46)47-17-6-7-19-48(47)52-49/h1-33H. The summed E-state index contributed by atoms with van der Waals surface area (Å²) in [6.07, 6.45) is 0. The molecule has 0 aliphatic carbocycles. The van der Waals surface area contributed by atoms with Gasteiger partial charge in [-0.25, -0.2) is 0 Å². The fraction of sp³-hybridized carbons (Fsp3) is 0. The Morgan fingerprint density at radius 3 is 1.75 bits per heavy atom. The molecule has 1 heterocycles. The third kappa shape index (κ3) is 5.33. The van der Waals surface area contributed by atoms with Crippen LogP contribution in [0.15, 0.2) is 200 Å². The molecule has 0 unspecified atom stereocenters. The summed E-state index contributed by atoms with van der Waals surface area (Å²) in [6.45, 7) is 0. The lowest BCUT2D eigenvalue weighted by Gasteiger charge is -2.26. The molecule has 1 aromatic heterocycles. The van der Waals surface area contributed by atoms with E-state index < -0.39 is 0 Å². The third-order valence-corrected chi connectivity index (χ3v) is 11.4. The van der Waals surface area contributed by atoms with Gasteiger partial charge in [0.15, 0.2) is 0 Å². The van der Waals surface area contributed by atoms with Crippen LogP contribution in [0.1, 0.15) is 0 Å². The fourth-order valence-electron chi connectivity index (χ4n) is 7.71. The van der Waals surface area contributed by atoms with Crippen LogP contribution in [0, 0.1) is 0 Å². The summed E-state index contributed by atoms with van der Waals surface area (Å²) >= 11 is 1.87. The Morgan fingerprint density at radius 2 is 0.923 bits per heavy atom. The fourth-order valence-corrected chi connectivity index (χ4v) is 8.83. The minimum Gasteiger partial charge on any atom is -0.310 e. The van der Waals surface area contributed by atoms with Crippen molar-refractivity contribution in [1.29, 1.82) is 0 Å². The molecule has 0 N–H and O–H groups in total. The van der Waals surface area contributed by atoms with E-state index >= 15 is 0 Å². The predicted octanol–water partition coefficient (Wildman–Crippen LogP) is 14.8. The molecule has 10 rings (SSSR count). The van der Waals surface area contributed by atoms with Gasteiger partial charge >= 0.3 is 0 Å². The molecule has 2 heteroatoms. The number of benzene rings is 9. The van der Waals surface area contributed by atoms with Gasteiger partial charge in [0.25, 0.3) is 0 Å². The van der Waals surface area contributed by atoms with E-state index in [1.807, 2.05) is 11.3 Å². The van der Waals surface area contributed by atoms with Gasteiger partial charge in [-0.3, -0.25) is 0 Å². The number of hydrogen-bond acceptors (Lipinski definition) is 2. The average Bonchev–Trinajstić information content (AvgIpc) is 3.61. The zero-order valence-electron chi connectivity index (χ0n) is 28.4. The summed E-state index contributed by atoms with van der Waals surface area (Å²) in [6, 6.07) is 72.9. The molecule has 0 aliphatic rings. The van der Waals surface area contributed by atoms with E-state index in [-0.39, 0.29) is 0 Å². The number of nitrogens with zero attached hydrogens (tertiary/aromatic N) is 1. The van der Waals surface area contributed by atoms with Crippen LogP contribution < -0.4 is 4.90 Å². The molecule has 0 atom stereocenters. The van der Waals surface area contributed by atoms with Crippen molar-refractivity contribution in [3.8, 4) is 33.4 Å². The molecule has 0 bridgehead atoms. The number of thiophene rings is 1. The summed E-state index contributed by atoms with van der Waals surface area (Å²) < 4.78 is 2.68. The first-order valence-corrected chi connectivity index (χ1v) is 18.6. The van der Waals surface area contributed by atoms with Gasteiger partial charge < -0.3 is 4.90 Å². The summed E-state index contributed by atoms with van der Waals surface area (Å²) in [5.74, 6) is 0. The van der Waals surface area contributed by atoms with Gasteiger partial charge in [-0.15, -0.1) is 11.3 Å². The third-order valence-electron chi connectivity index (χ3n) is 10.3. The lowest BCUT2D eigenvalue weighted by Crippen LogP contribution is -2.10. The second-order valence-electron chi connectivity index (χ2n) is 13.3. The molecule has 52 heavy (non-hydrogen) atoms. The first-order chi connectivity index (χ1) is 25.8. The minimum atomic E-state index is 1.11. The Hall–Kier alpha value is -6.48. The molecular formula is C50H33NS. The molecule has 9 aromatic carbocycles. The molecule has 0 saturated carbocycles. The summed E-state index contributed by atoms with van der Waals surface area (Å²) in [7, 11) is 0. The predicted molar refractivity (Wildman–Crippen MR) is 225 cm³/mol. The molecule has 0 radical (unpaired) electrons. The highest BCUT2D eigenvalue weighted by molar-refractivity contribution is 7.26. The van der Waals surface area contributed by atoms with Crippen LogP contribution in [-0.2, 0) is 0 Å². The van der Waals surface area contributed by atoms with Crippen LogP contribution in [0.2, 0.25) is 0 Å². The second-order valence-corrected chi connectivity index (χ2v) is 14.4. The van der Waals surface area contributed by atoms with Crippen molar-refractivity contribution in [2.75, 3.05) is 4.90 Å². The van der Waals surface area contributed by atoms with Gasteiger partial charge in [0.2, 0.25) is 0 Å². The summed E-state index contributed by atoms with van der Waals surface area (Å²) in [4.78, 5) is 2.36. The van der Waals surface area contributed by atoms with E-state index in [1.54, 1.807) is 0 Å². The Kier molecular flexibility index (Phi) is 7.41. The van der Waals surface area contributed by atoms with Gasteiger partial charge in [-0.2, -0.15) is 0 Å². The molecular weight excluding hydrogens is 647 g/mol. The maximum atomic E-state index is 2.36. The van der Waals surface area contributed by atoms with Gasteiger partial charge in [0, 0.05) is 37.2 Å². The van der Waals surface area contributed by atoms with Crippen LogP contribution in [0.25, 0.3) is 75.1 Å². The van der Waals surface area contributed by atoms with E-state index in [1.165, 1.54) is 75.1 Å². The van der Waals surface area contributed by atoms with E-state index in [2.05, 4.69) is 205 Å². The van der Waals surface area contributed by atoms with E-state index in [9.17, 15) is 0 Å². The van der Waals surface area contributed by atoms with Crippen molar-refractivity contribution in [2.45, 2.75) is 0 Å². The summed E-state index contributed by atoms with van der Waals surface area (Å²) in [5, 5.41) is 7.80. The van der Waals surface area contributed by atoms with Crippen molar-refractivity contribution in [1.82, 2.24) is 0 Å². The molecule has 0 spiro atoms. The number of anilines is 3. The lowest BCUT2D eigenvalue weighted by molar-refractivity contribution is 1.28. The normalized spacial score (nSPS) is 11.5. The van der Waals surface area contributed by atoms with Crippen LogP contribution in [0.3, 0.4) is 0 Å². The topological polar surface area (TPSA) is 3.24 Å². The van der Waals surface area contributed by atoms with Crippen LogP contribution in [-0.4, -0.2) is 0 Å². The Bertz CT molecular complexity index is 2880. The quantitative estimate of drug-likeness (QED) is 0.169. The van der Waals surface area contributed by atoms with Crippen molar-refractivity contribution < 1.29 is 0 Å². The maximum Gasteiger partial charge on any atom is 0.0467 e. The molecule has 0 saturated heterocycles. The SMILES string of the molecule is c1ccc(-c2cccc(N(c3ccc(-c4ccc5c(ccc6sc7ccccc7c65)c4)cc3)c3ccc(-c4cccc5ccccc45)cc3)c2)cc1. The highest BCUT2D eigenvalue weighted by atomic mass is 32.1. The smallest absolute Gasteiger partial charge is 0.0467 e. The molecule has 0 amide bonds. The molecule has 1 nitrogen and oxygen atoms in total. The lowest BCUT2D eigenvalue weighted by atomic mass is 9.97. The molecule has 0 fully saturated rings. The zero-order chi connectivity index (χ0) is 34.4. The van der Waals surface area contributed by atoms with Crippen LogP contribution >= 0.6 is 11.3 Å². The summed E-state index contributed by atoms with van der Waals surface area (Å²) in [5.41, 5.74) is 10.6. The minimum absolute atomic E-state index is 1.11. The first kappa shape index (κ1) is 30.4. The maximum absolute atomic E-state index is 2.36. The van der Waals surface area contributed by atoms with Gasteiger partial charge in [-0.05, 0) is 110 Å². The van der Waals surface area contributed by atoms with E-state index in [0.29, 0.717) is 0 Å². The van der Waals surface area contributed by atoms with Gasteiger partial charge in [0.1, 0.15) is 0 Å². The highest BCUT2D eigenvalue weighted by Gasteiger charge is 2.16. The molecule has 244 valence electrons. The molecule has 10 aromatic rings. The van der Waals surface area contributed by atoms with E-state index in [4.69, 9.17) is 0 Å². The monoisotopic (exact) mass is 679 g/mol. The Labute approximate surface area is 307 Å². The van der Waals surface area contributed by atoms with Crippen molar-refractivity contribution in [3.05, 3.63) is 200 Å². The number of rotatable bonds is 6. The number of hydrogen-bond donors (Lipinski definition) is 0. The number of fused-ring (bicyclic) bond motifs is 6. The zero-order valence-corrected chi connectivity index (χ0v) is 29.2. The van der Waals surface area contributed by atoms with Crippen molar-refractivity contribution in [2.24, 2.45) is 0 Å².